The molecule has 11 nitrogen and oxygen atoms in total. The van der Waals surface area contributed by atoms with Gasteiger partial charge in [-0.25, -0.2) is 0 Å². The summed E-state index contributed by atoms with van der Waals surface area (Å²) in [4.78, 5) is 30.2. The van der Waals surface area contributed by atoms with Crippen molar-refractivity contribution in [2.45, 2.75) is 71.8 Å². The van der Waals surface area contributed by atoms with E-state index in [-0.39, 0.29) is 42.8 Å². The van der Waals surface area contributed by atoms with Crippen molar-refractivity contribution >= 4 is 17.5 Å². The minimum Gasteiger partial charge on any atom is -0.493 e. The van der Waals surface area contributed by atoms with Gasteiger partial charge in [-0.1, -0.05) is 6.92 Å². The van der Waals surface area contributed by atoms with Crippen LogP contribution in [0.5, 0.6) is 23.0 Å². The highest BCUT2D eigenvalue weighted by atomic mass is 16.7. The lowest BCUT2D eigenvalue weighted by Gasteiger charge is -2.36. The maximum absolute atomic E-state index is 14.3. The maximum Gasteiger partial charge on any atom is 0.258 e. The number of rotatable bonds is 9. The molecule has 2 aliphatic rings. The van der Waals surface area contributed by atoms with Gasteiger partial charge in [-0.3, -0.25) is 14.5 Å². The second-order valence-corrected chi connectivity index (χ2v) is 12.2. The Morgan fingerprint density at radius 3 is 2.67 bits per heavy atom. The highest BCUT2D eigenvalue weighted by Gasteiger charge is 2.31. The van der Waals surface area contributed by atoms with Crippen molar-refractivity contribution in [3.05, 3.63) is 41.5 Å². The van der Waals surface area contributed by atoms with Crippen molar-refractivity contribution in [3.8, 4) is 23.0 Å². The van der Waals surface area contributed by atoms with Crippen molar-refractivity contribution in [2.75, 3.05) is 59.7 Å². The SMILES string of the molecule is COC[C@H](C)N1C[C@@H](C)[C@H](CN(C)Cc2cc(OC)c3c(c2)OCO3)OCCCC[C@H](C)Oc2ccc(NC(C)=O)cc2C1=O. The number of carbonyl (C=O) groups is 2. The van der Waals surface area contributed by atoms with Crippen LogP contribution in [0, 0.1) is 5.92 Å². The second kappa shape index (κ2) is 16.1. The van der Waals surface area contributed by atoms with Crippen molar-refractivity contribution in [2.24, 2.45) is 5.92 Å². The average Bonchev–Trinajstić information content (AvgIpc) is 3.47. The van der Waals surface area contributed by atoms with Crippen LogP contribution in [0.15, 0.2) is 30.3 Å². The molecule has 2 aromatic carbocycles. The summed E-state index contributed by atoms with van der Waals surface area (Å²) in [5.74, 6) is 2.07. The fraction of sp³-hybridized carbons (Fsp3) is 0.588. The summed E-state index contributed by atoms with van der Waals surface area (Å²) >= 11 is 0. The third-order valence-electron chi connectivity index (χ3n) is 8.18. The number of methoxy groups -OCH3 is 2. The number of likely N-dealkylation sites (N-methyl/N-ethyl adjacent to an activating group) is 1. The molecule has 0 spiro atoms. The zero-order chi connectivity index (χ0) is 32.5. The topological polar surface area (TPSA) is 108 Å². The molecule has 1 N–H and O–H groups in total. The van der Waals surface area contributed by atoms with Gasteiger partial charge >= 0.3 is 0 Å². The van der Waals surface area contributed by atoms with Gasteiger partial charge in [0.1, 0.15) is 5.75 Å². The van der Waals surface area contributed by atoms with Crippen molar-refractivity contribution in [1.82, 2.24) is 9.80 Å². The number of hydrogen-bond acceptors (Lipinski definition) is 9. The molecule has 4 rings (SSSR count). The Labute approximate surface area is 267 Å². The van der Waals surface area contributed by atoms with Gasteiger partial charge < -0.3 is 38.6 Å². The molecule has 4 atom stereocenters. The number of benzene rings is 2. The van der Waals surface area contributed by atoms with E-state index in [9.17, 15) is 9.59 Å². The minimum absolute atomic E-state index is 0.00763. The van der Waals surface area contributed by atoms with Crippen LogP contribution in [0.2, 0.25) is 0 Å². The highest BCUT2D eigenvalue weighted by molar-refractivity contribution is 5.99. The average molecular weight is 628 g/mol. The summed E-state index contributed by atoms with van der Waals surface area (Å²) in [5.41, 5.74) is 1.99. The number of amides is 2. The third kappa shape index (κ3) is 9.24. The van der Waals surface area contributed by atoms with Crippen LogP contribution in [0.4, 0.5) is 5.69 Å². The molecule has 0 radical (unpaired) electrons. The molecule has 0 aliphatic carbocycles. The highest BCUT2D eigenvalue weighted by Crippen LogP contribution is 2.42. The molecule has 2 heterocycles. The first-order valence-corrected chi connectivity index (χ1v) is 15.7. The van der Waals surface area contributed by atoms with Crippen molar-refractivity contribution in [1.29, 1.82) is 0 Å². The molecule has 2 aliphatic heterocycles. The Balaban J connectivity index is 1.60. The Morgan fingerprint density at radius 2 is 1.93 bits per heavy atom. The maximum atomic E-state index is 14.3. The smallest absolute Gasteiger partial charge is 0.258 e. The standard InChI is InChI=1S/C34H49N3O8/c1-22-17-37(23(2)20-40-6)34(39)28-16-27(35-25(4)38)11-12-29(28)45-24(3)10-8-9-13-42-32(22)19-36(5)18-26-14-30(41-7)33-31(15-26)43-21-44-33/h11-12,14-16,22-24,32H,8-10,13,17-21H2,1-7H3,(H,35,38)/t22-,23+,24+,32+/m1/s1. The first-order valence-electron chi connectivity index (χ1n) is 15.7. The van der Waals surface area contributed by atoms with Crippen LogP contribution in [-0.4, -0.2) is 94.2 Å². The van der Waals surface area contributed by atoms with E-state index in [1.54, 1.807) is 32.4 Å². The molecule has 45 heavy (non-hydrogen) atoms. The molecule has 2 amide bonds. The van der Waals surface area contributed by atoms with E-state index >= 15 is 0 Å². The van der Waals surface area contributed by atoms with Crippen molar-refractivity contribution < 1.29 is 38.0 Å². The number of ether oxygens (including phenoxy) is 6. The summed E-state index contributed by atoms with van der Waals surface area (Å²) in [5, 5.41) is 2.80. The third-order valence-corrected chi connectivity index (χ3v) is 8.18. The molecule has 2 aromatic rings. The number of anilines is 1. The summed E-state index contributed by atoms with van der Waals surface area (Å²) in [7, 11) is 5.32. The van der Waals surface area contributed by atoms with Gasteiger partial charge in [0.25, 0.3) is 5.91 Å². The fourth-order valence-electron chi connectivity index (χ4n) is 5.86. The zero-order valence-electron chi connectivity index (χ0n) is 27.7. The van der Waals surface area contributed by atoms with E-state index in [0.29, 0.717) is 67.1 Å². The predicted octanol–water partition coefficient (Wildman–Crippen LogP) is 4.96. The van der Waals surface area contributed by atoms with Gasteiger partial charge in [-0.15, -0.1) is 0 Å². The van der Waals surface area contributed by atoms with Gasteiger partial charge in [0.05, 0.1) is 37.5 Å². The summed E-state index contributed by atoms with van der Waals surface area (Å²) in [6.07, 6.45) is 2.41. The summed E-state index contributed by atoms with van der Waals surface area (Å²) in [6, 6.07) is 9.00. The molecule has 0 saturated carbocycles. The zero-order valence-corrected chi connectivity index (χ0v) is 27.7. The van der Waals surface area contributed by atoms with Gasteiger partial charge in [0.15, 0.2) is 11.5 Å². The Morgan fingerprint density at radius 1 is 1.13 bits per heavy atom. The Kier molecular flexibility index (Phi) is 12.3. The fourth-order valence-corrected chi connectivity index (χ4v) is 5.86. The van der Waals surface area contributed by atoms with Crippen LogP contribution in [-0.2, 0) is 20.8 Å². The first-order chi connectivity index (χ1) is 21.6. The number of carbonyl (C=O) groups excluding carboxylic acids is 2. The molecule has 0 fully saturated rings. The van der Waals surface area contributed by atoms with Crippen molar-refractivity contribution in [3.63, 3.8) is 0 Å². The van der Waals surface area contributed by atoms with Gasteiger partial charge in [-0.2, -0.15) is 0 Å². The predicted molar refractivity (Wildman–Crippen MR) is 171 cm³/mol. The van der Waals surface area contributed by atoms with Crippen LogP contribution in [0.25, 0.3) is 0 Å². The van der Waals surface area contributed by atoms with Gasteiger partial charge in [0.2, 0.25) is 18.4 Å². The van der Waals surface area contributed by atoms with Gasteiger partial charge in [0, 0.05) is 51.9 Å². The molecule has 0 bridgehead atoms. The second-order valence-electron chi connectivity index (χ2n) is 12.2. The Hall–Kier alpha value is -3.54. The molecule has 0 aromatic heterocycles. The largest absolute Gasteiger partial charge is 0.493 e. The lowest BCUT2D eigenvalue weighted by molar-refractivity contribution is -0.114. The summed E-state index contributed by atoms with van der Waals surface area (Å²) in [6.45, 7) is 10.5. The molecule has 11 heteroatoms. The van der Waals surface area contributed by atoms with Crippen LogP contribution >= 0.6 is 0 Å². The number of nitrogens with zero attached hydrogens (tertiary/aromatic N) is 2. The van der Waals surface area contributed by atoms with Crippen LogP contribution in [0.1, 0.15) is 62.9 Å². The molecular formula is C34H49N3O8. The van der Waals surface area contributed by atoms with Gasteiger partial charge in [-0.05, 0) is 76.1 Å². The molecule has 248 valence electrons. The number of fused-ring (bicyclic) bond motifs is 2. The molecular weight excluding hydrogens is 578 g/mol. The lowest BCUT2D eigenvalue weighted by atomic mass is 10.0. The lowest BCUT2D eigenvalue weighted by Crippen LogP contribution is -2.47. The van der Waals surface area contributed by atoms with Crippen LogP contribution in [0.3, 0.4) is 0 Å². The van der Waals surface area contributed by atoms with E-state index in [2.05, 4.69) is 24.2 Å². The Bertz CT molecular complexity index is 1300. The normalized spacial score (nSPS) is 21.5. The van der Waals surface area contributed by atoms with E-state index in [1.807, 2.05) is 30.9 Å². The number of nitrogens with one attached hydrogen (secondary N) is 1. The van der Waals surface area contributed by atoms with E-state index in [1.165, 1.54) is 6.92 Å². The van der Waals surface area contributed by atoms with Crippen LogP contribution < -0.4 is 24.3 Å². The minimum atomic E-state index is -0.216. The number of hydrogen-bond donors (Lipinski definition) is 1. The van der Waals surface area contributed by atoms with E-state index < -0.39 is 0 Å². The summed E-state index contributed by atoms with van der Waals surface area (Å²) < 4.78 is 35.1. The first kappa shape index (κ1) is 34.3. The quantitative estimate of drug-likeness (QED) is 0.413. The van der Waals surface area contributed by atoms with E-state index in [4.69, 9.17) is 28.4 Å². The molecule has 0 unspecified atom stereocenters. The molecule has 0 saturated heterocycles. The monoisotopic (exact) mass is 627 g/mol. The van der Waals surface area contributed by atoms with E-state index in [0.717, 1.165) is 24.8 Å².